The number of carboxylic acids is 1. The summed E-state index contributed by atoms with van der Waals surface area (Å²) in [4.78, 5) is 14.1. The van der Waals surface area contributed by atoms with Crippen LogP contribution in [0.1, 0.15) is 27.3 Å². The number of aliphatic carboxylic acids is 1. The molecule has 0 unspecified atom stereocenters. The predicted octanol–water partition coefficient (Wildman–Crippen LogP) is 4.63. The van der Waals surface area contributed by atoms with Gasteiger partial charge in [0.05, 0.1) is 0 Å². The number of carbonyl (C=O) groups is 1. The number of hydrogen-bond donors (Lipinski definition) is 1. The third-order valence-corrected chi connectivity index (χ3v) is 5.80. The van der Waals surface area contributed by atoms with E-state index in [1.165, 1.54) is 46.2 Å². The minimum Gasteiger partial charge on any atom is -0.478 e. The molecule has 0 spiro atoms. The summed E-state index contributed by atoms with van der Waals surface area (Å²) in [5.41, 5.74) is 3.02. The molecule has 0 bridgehead atoms. The van der Waals surface area contributed by atoms with Crippen LogP contribution in [0.25, 0.3) is 6.08 Å². The van der Waals surface area contributed by atoms with Crippen LogP contribution in [0.2, 0.25) is 0 Å². The van der Waals surface area contributed by atoms with Gasteiger partial charge in [-0.25, -0.2) is 4.79 Å². The van der Waals surface area contributed by atoms with Crippen molar-refractivity contribution in [3.63, 3.8) is 0 Å². The largest absolute Gasteiger partial charge is 0.478 e. The topological polar surface area (TPSA) is 37.3 Å². The lowest BCUT2D eigenvalue weighted by Crippen LogP contribution is -1.84. The third kappa shape index (κ3) is 3.77. The molecule has 1 heterocycles. The van der Waals surface area contributed by atoms with E-state index in [9.17, 15) is 4.79 Å². The number of aryl methyl sites for hydroxylation is 2. The fourth-order valence-electron chi connectivity index (χ4n) is 2.51. The summed E-state index contributed by atoms with van der Waals surface area (Å²) in [7, 11) is 0. The highest BCUT2D eigenvalue weighted by Crippen LogP contribution is 2.31. The molecule has 0 radical (unpaired) electrons. The van der Waals surface area contributed by atoms with Gasteiger partial charge in [0.25, 0.3) is 0 Å². The lowest BCUT2D eigenvalue weighted by molar-refractivity contribution is -0.131. The number of fused-ring (bicyclic) bond motifs is 1. The zero-order valence-electron chi connectivity index (χ0n) is 11.5. The van der Waals surface area contributed by atoms with Gasteiger partial charge in [-0.3, -0.25) is 0 Å². The molecule has 1 aliphatic carbocycles. The van der Waals surface area contributed by atoms with E-state index in [-0.39, 0.29) is 0 Å². The van der Waals surface area contributed by atoms with Crippen LogP contribution in [0, 0.1) is 0 Å². The molecule has 2 aromatic rings. The van der Waals surface area contributed by atoms with E-state index in [4.69, 9.17) is 5.11 Å². The lowest BCUT2D eigenvalue weighted by Gasteiger charge is -2.03. The highest BCUT2D eigenvalue weighted by molar-refractivity contribution is 7.98. The molecule has 3 rings (SSSR count). The second kappa shape index (κ2) is 6.50. The summed E-state index contributed by atoms with van der Waals surface area (Å²) in [6.07, 6.45) is 6.56. The highest BCUT2D eigenvalue weighted by atomic mass is 32.2. The summed E-state index contributed by atoms with van der Waals surface area (Å²) >= 11 is 3.50. The van der Waals surface area contributed by atoms with Crippen molar-refractivity contribution in [2.45, 2.75) is 29.9 Å². The van der Waals surface area contributed by atoms with Gasteiger partial charge in [-0.15, -0.1) is 23.1 Å². The van der Waals surface area contributed by atoms with Crippen molar-refractivity contribution in [2.24, 2.45) is 0 Å². The van der Waals surface area contributed by atoms with Crippen molar-refractivity contribution < 1.29 is 9.90 Å². The Hall–Kier alpha value is -1.52. The molecule has 0 aliphatic heterocycles. The molecule has 1 N–H and O–H groups in total. The lowest BCUT2D eigenvalue weighted by atomic mass is 10.1. The summed E-state index contributed by atoms with van der Waals surface area (Å²) < 4.78 is 0. The Morgan fingerprint density at radius 2 is 2.10 bits per heavy atom. The van der Waals surface area contributed by atoms with E-state index in [1.807, 2.05) is 17.8 Å². The standard InChI is InChI=1S/C17H16O2S2/c18-17(19)9-8-14-6-7-16(21-14)11-20-15-5-4-12-2-1-3-13(12)10-15/h4-10H,1-3,11H2,(H,18,19). The fourth-order valence-corrected chi connectivity index (χ4v) is 4.43. The Morgan fingerprint density at radius 1 is 1.24 bits per heavy atom. The molecule has 108 valence electrons. The van der Waals surface area contributed by atoms with E-state index in [2.05, 4.69) is 24.3 Å². The van der Waals surface area contributed by atoms with Crippen molar-refractivity contribution >= 4 is 35.1 Å². The molecular formula is C17H16O2S2. The molecular weight excluding hydrogens is 300 g/mol. The predicted molar refractivity (Wildman–Crippen MR) is 89.0 cm³/mol. The van der Waals surface area contributed by atoms with E-state index in [0.717, 1.165) is 10.6 Å². The summed E-state index contributed by atoms with van der Waals surface area (Å²) in [6.45, 7) is 0. The third-order valence-electron chi connectivity index (χ3n) is 3.52. The second-order valence-electron chi connectivity index (χ2n) is 5.05. The molecule has 1 aliphatic rings. The molecule has 0 saturated heterocycles. The number of benzene rings is 1. The van der Waals surface area contributed by atoms with E-state index in [0.29, 0.717) is 0 Å². The van der Waals surface area contributed by atoms with Crippen LogP contribution < -0.4 is 0 Å². The maximum atomic E-state index is 10.5. The van der Waals surface area contributed by atoms with E-state index in [1.54, 1.807) is 17.4 Å². The van der Waals surface area contributed by atoms with Gasteiger partial charge >= 0.3 is 5.97 Å². The first-order valence-electron chi connectivity index (χ1n) is 6.95. The average molecular weight is 316 g/mol. The SMILES string of the molecule is O=C(O)C=Cc1ccc(CSc2ccc3c(c2)CCC3)s1. The van der Waals surface area contributed by atoms with Gasteiger partial charge in [0.15, 0.2) is 0 Å². The van der Waals surface area contributed by atoms with Gasteiger partial charge in [0, 0.05) is 26.5 Å². The quantitative estimate of drug-likeness (QED) is 0.645. The maximum Gasteiger partial charge on any atom is 0.328 e. The van der Waals surface area contributed by atoms with Crippen LogP contribution in [0.5, 0.6) is 0 Å². The van der Waals surface area contributed by atoms with Gasteiger partial charge in [-0.2, -0.15) is 0 Å². The maximum absolute atomic E-state index is 10.5. The van der Waals surface area contributed by atoms with Crippen LogP contribution in [-0.2, 0) is 23.4 Å². The molecule has 0 amide bonds. The zero-order chi connectivity index (χ0) is 14.7. The average Bonchev–Trinajstić information content (AvgIpc) is 3.11. The molecule has 2 nitrogen and oxygen atoms in total. The van der Waals surface area contributed by atoms with Gasteiger partial charge < -0.3 is 5.11 Å². The van der Waals surface area contributed by atoms with Crippen LogP contribution in [0.15, 0.2) is 41.3 Å². The van der Waals surface area contributed by atoms with Crippen molar-refractivity contribution in [1.82, 2.24) is 0 Å². The number of rotatable bonds is 5. The Bertz CT molecular complexity index is 686. The van der Waals surface area contributed by atoms with Crippen LogP contribution >= 0.6 is 23.1 Å². The summed E-state index contributed by atoms with van der Waals surface area (Å²) in [5.74, 6) is 0.0298. The van der Waals surface area contributed by atoms with E-state index >= 15 is 0 Å². The van der Waals surface area contributed by atoms with Gasteiger partial charge in [0.1, 0.15) is 0 Å². The summed E-state index contributed by atoms with van der Waals surface area (Å²) in [5, 5.41) is 8.62. The van der Waals surface area contributed by atoms with Crippen molar-refractivity contribution in [1.29, 1.82) is 0 Å². The first-order valence-corrected chi connectivity index (χ1v) is 8.75. The normalized spacial score (nSPS) is 13.7. The van der Waals surface area contributed by atoms with Gasteiger partial charge in [0.2, 0.25) is 0 Å². The van der Waals surface area contributed by atoms with Crippen LogP contribution in [0.3, 0.4) is 0 Å². The van der Waals surface area contributed by atoms with Crippen LogP contribution in [0.4, 0.5) is 0 Å². The van der Waals surface area contributed by atoms with Crippen molar-refractivity contribution in [3.05, 3.63) is 57.3 Å². The zero-order valence-corrected chi connectivity index (χ0v) is 13.2. The second-order valence-corrected chi connectivity index (χ2v) is 7.30. The number of hydrogen-bond acceptors (Lipinski definition) is 3. The molecule has 1 aromatic heterocycles. The van der Waals surface area contributed by atoms with Gasteiger partial charge in [-0.1, -0.05) is 6.07 Å². The van der Waals surface area contributed by atoms with Crippen molar-refractivity contribution in [2.75, 3.05) is 0 Å². The smallest absolute Gasteiger partial charge is 0.328 e. The Kier molecular flexibility index (Phi) is 4.46. The molecule has 0 atom stereocenters. The highest BCUT2D eigenvalue weighted by Gasteiger charge is 2.11. The van der Waals surface area contributed by atoms with Crippen LogP contribution in [-0.4, -0.2) is 11.1 Å². The summed E-state index contributed by atoms with van der Waals surface area (Å²) in [6, 6.07) is 10.9. The number of thiophene rings is 1. The first-order chi connectivity index (χ1) is 10.2. The molecule has 21 heavy (non-hydrogen) atoms. The molecule has 4 heteroatoms. The Labute approximate surface area is 132 Å². The molecule has 0 saturated carbocycles. The minimum absolute atomic E-state index is 0.905. The Morgan fingerprint density at radius 3 is 2.95 bits per heavy atom. The monoisotopic (exact) mass is 316 g/mol. The minimum atomic E-state index is -0.905. The van der Waals surface area contributed by atoms with Crippen molar-refractivity contribution in [3.8, 4) is 0 Å². The first kappa shape index (κ1) is 14.4. The molecule has 1 aromatic carbocycles. The van der Waals surface area contributed by atoms with Gasteiger partial charge in [-0.05, 0) is 60.7 Å². The molecule has 0 fully saturated rings. The number of carboxylic acid groups (broad SMARTS) is 1. The van der Waals surface area contributed by atoms with E-state index < -0.39 is 5.97 Å². The Balaban J connectivity index is 1.61. The number of thioether (sulfide) groups is 1. The fraction of sp³-hybridized carbons (Fsp3) is 0.235.